The van der Waals surface area contributed by atoms with Gasteiger partial charge in [0.1, 0.15) is 23.4 Å². The molecule has 0 spiro atoms. The number of carboxylic acid groups (broad SMARTS) is 1. The van der Waals surface area contributed by atoms with E-state index in [1.807, 2.05) is 0 Å². The van der Waals surface area contributed by atoms with E-state index in [0.29, 0.717) is 16.3 Å². The zero-order chi connectivity index (χ0) is 17.7. The molecular weight excluding hydrogens is 349 g/mol. The maximum Gasteiger partial charge on any atom is 0.335 e. The van der Waals surface area contributed by atoms with Gasteiger partial charge < -0.3 is 9.84 Å². The minimum atomic E-state index is -1.02. The Hall–Kier alpha value is -2.99. The summed E-state index contributed by atoms with van der Waals surface area (Å²) in [6.45, 7) is 0.0901. The lowest BCUT2D eigenvalue weighted by Gasteiger charge is -2.09. The lowest BCUT2D eigenvalue weighted by molar-refractivity contribution is 0.0697. The molecular formula is C18H9ClFNO4. The Kier molecular flexibility index (Phi) is 3.43. The van der Waals surface area contributed by atoms with Crippen LogP contribution in [0.25, 0.3) is 21.8 Å². The molecule has 5 nitrogen and oxygen atoms in total. The van der Waals surface area contributed by atoms with Crippen LogP contribution in [0.4, 0.5) is 4.39 Å². The number of nitrogens with zero attached hydrogens (tertiary/aromatic N) is 1. The summed E-state index contributed by atoms with van der Waals surface area (Å²) in [6, 6.07) is 8.77. The number of aromatic carboxylic acids is 1. The molecule has 0 atom stereocenters. The zero-order valence-electron chi connectivity index (χ0n) is 12.5. The van der Waals surface area contributed by atoms with Crippen LogP contribution in [-0.4, -0.2) is 16.1 Å². The highest BCUT2D eigenvalue weighted by Crippen LogP contribution is 2.37. The van der Waals surface area contributed by atoms with Crippen molar-refractivity contribution >= 4 is 39.4 Å². The van der Waals surface area contributed by atoms with E-state index in [1.165, 1.54) is 18.2 Å². The van der Waals surface area contributed by atoms with Gasteiger partial charge in [-0.05, 0) is 29.8 Å². The Labute approximate surface area is 144 Å². The summed E-state index contributed by atoms with van der Waals surface area (Å²) < 4.78 is 19.8. The third kappa shape index (κ3) is 2.60. The van der Waals surface area contributed by atoms with Gasteiger partial charge in [0.2, 0.25) is 5.43 Å². The standard InChI is InChI=1S/C18H9ClFNO4/c19-10-5-11-14(12(20)6-10)21-15-13(16(15)22)17(11)25-7-8-1-3-9(4-2-8)18(23)24/h1-6H,7H2,(H,23,24). The monoisotopic (exact) mass is 357 g/mol. The Morgan fingerprint density at radius 1 is 1.20 bits per heavy atom. The van der Waals surface area contributed by atoms with Gasteiger partial charge in [0.05, 0.1) is 10.9 Å². The van der Waals surface area contributed by atoms with Gasteiger partial charge in [-0.3, -0.25) is 4.79 Å². The first-order chi connectivity index (χ1) is 12.0. The molecule has 0 aliphatic heterocycles. The van der Waals surface area contributed by atoms with E-state index in [-0.39, 0.29) is 39.4 Å². The average molecular weight is 358 g/mol. The minimum absolute atomic E-state index is 0.0326. The number of fused-ring (bicyclic) bond motifs is 2. The minimum Gasteiger partial charge on any atom is -0.487 e. The maximum atomic E-state index is 14.1. The van der Waals surface area contributed by atoms with Gasteiger partial charge in [-0.2, -0.15) is 0 Å². The van der Waals surface area contributed by atoms with Crippen molar-refractivity contribution in [2.75, 3.05) is 0 Å². The lowest BCUT2D eigenvalue weighted by Crippen LogP contribution is -1.99. The van der Waals surface area contributed by atoms with Crippen LogP contribution in [-0.2, 0) is 6.61 Å². The van der Waals surface area contributed by atoms with Crippen molar-refractivity contribution in [3.63, 3.8) is 0 Å². The van der Waals surface area contributed by atoms with E-state index in [1.54, 1.807) is 12.1 Å². The van der Waals surface area contributed by atoms with Crippen LogP contribution < -0.4 is 10.2 Å². The lowest BCUT2D eigenvalue weighted by atomic mass is 10.1. The first kappa shape index (κ1) is 15.5. The average Bonchev–Trinajstić information content (AvgIpc) is 3.22. The molecule has 0 bridgehead atoms. The van der Waals surface area contributed by atoms with Crippen LogP contribution in [0.15, 0.2) is 41.2 Å². The molecule has 0 unspecified atom stereocenters. The van der Waals surface area contributed by atoms with Gasteiger partial charge in [-0.25, -0.2) is 14.2 Å². The van der Waals surface area contributed by atoms with Crippen molar-refractivity contribution in [3.05, 3.63) is 68.6 Å². The van der Waals surface area contributed by atoms with Crippen molar-refractivity contribution in [3.8, 4) is 5.75 Å². The third-order valence-corrected chi connectivity index (χ3v) is 4.14. The number of aromatic nitrogens is 1. The predicted octanol–water partition coefficient (Wildman–Crippen LogP) is 3.69. The number of carbonyl (C=O) groups is 1. The fraction of sp³-hybridized carbons (Fsp3) is 0.0556. The Morgan fingerprint density at radius 2 is 1.92 bits per heavy atom. The second-order valence-corrected chi connectivity index (χ2v) is 6.00. The number of hydrogen-bond donors (Lipinski definition) is 1. The third-order valence-electron chi connectivity index (χ3n) is 3.92. The second-order valence-electron chi connectivity index (χ2n) is 5.57. The highest BCUT2D eigenvalue weighted by molar-refractivity contribution is 6.31. The molecule has 25 heavy (non-hydrogen) atoms. The van der Waals surface area contributed by atoms with Crippen molar-refractivity contribution < 1.29 is 19.0 Å². The number of hydrogen-bond acceptors (Lipinski definition) is 4. The van der Waals surface area contributed by atoms with Crippen LogP contribution in [0.3, 0.4) is 0 Å². The molecule has 1 N–H and O–H groups in total. The normalized spacial score (nSPS) is 11.4. The van der Waals surface area contributed by atoms with Crippen LogP contribution in [0, 0.1) is 5.82 Å². The number of carboxylic acids is 1. The number of pyridine rings is 1. The highest BCUT2D eigenvalue weighted by Gasteiger charge is 2.25. The van der Waals surface area contributed by atoms with E-state index in [4.69, 9.17) is 21.4 Å². The predicted molar refractivity (Wildman–Crippen MR) is 90.6 cm³/mol. The van der Waals surface area contributed by atoms with Crippen LogP contribution in [0.1, 0.15) is 15.9 Å². The summed E-state index contributed by atoms with van der Waals surface area (Å²) in [5.74, 6) is -1.40. The molecule has 4 aromatic rings. The first-order valence-electron chi connectivity index (χ1n) is 7.28. The summed E-state index contributed by atoms with van der Waals surface area (Å²) in [4.78, 5) is 26.7. The van der Waals surface area contributed by atoms with E-state index >= 15 is 0 Å². The summed E-state index contributed by atoms with van der Waals surface area (Å²) in [7, 11) is 0. The fourth-order valence-corrected chi connectivity index (χ4v) is 2.83. The van der Waals surface area contributed by atoms with Gasteiger partial charge in [0.25, 0.3) is 0 Å². The van der Waals surface area contributed by atoms with Crippen molar-refractivity contribution in [2.45, 2.75) is 6.61 Å². The molecule has 0 amide bonds. The van der Waals surface area contributed by atoms with Crippen LogP contribution in [0.5, 0.6) is 5.75 Å². The fourth-order valence-electron chi connectivity index (χ4n) is 2.63. The Morgan fingerprint density at radius 3 is 2.60 bits per heavy atom. The van der Waals surface area contributed by atoms with Gasteiger partial charge >= 0.3 is 5.97 Å². The number of halogens is 2. The molecule has 7 heteroatoms. The zero-order valence-corrected chi connectivity index (χ0v) is 13.3. The molecule has 0 radical (unpaired) electrons. The largest absolute Gasteiger partial charge is 0.487 e. The molecule has 1 aromatic heterocycles. The molecule has 0 fully saturated rings. The van der Waals surface area contributed by atoms with E-state index in [0.717, 1.165) is 6.07 Å². The molecule has 1 heterocycles. The van der Waals surface area contributed by atoms with E-state index in [9.17, 15) is 14.0 Å². The molecule has 0 saturated heterocycles. The van der Waals surface area contributed by atoms with Gasteiger partial charge in [-0.1, -0.05) is 23.7 Å². The summed E-state index contributed by atoms with van der Waals surface area (Å²) in [5.41, 5.74) is 0.826. The van der Waals surface area contributed by atoms with Gasteiger partial charge in [0.15, 0.2) is 5.82 Å². The summed E-state index contributed by atoms with van der Waals surface area (Å²) >= 11 is 5.90. The van der Waals surface area contributed by atoms with E-state index < -0.39 is 11.8 Å². The van der Waals surface area contributed by atoms with Gasteiger partial charge in [0, 0.05) is 10.4 Å². The smallest absolute Gasteiger partial charge is 0.335 e. The second kappa shape index (κ2) is 5.53. The number of ether oxygens (including phenoxy) is 1. The van der Waals surface area contributed by atoms with E-state index in [2.05, 4.69) is 4.98 Å². The maximum absolute atomic E-state index is 14.1. The Balaban J connectivity index is 1.72. The van der Waals surface area contributed by atoms with Crippen LogP contribution >= 0.6 is 11.6 Å². The highest BCUT2D eigenvalue weighted by atomic mass is 35.5. The Bertz CT molecular complexity index is 1160. The molecule has 0 aliphatic carbocycles. The summed E-state index contributed by atoms with van der Waals surface area (Å²) in [6.07, 6.45) is 0. The first-order valence-corrected chi connectivity index (χ1v) is 7.66. The number of benzene rings is 2. The molecule has 3 aromatic carbocycles. The van der Waals surface area contributed by atoms with Crippen molar-refractivity contribution in [1.82, 2.24) is 4.98 Å². The molecule has 124 valence electrons. The van der Waals surface area contributed by atoms with Crippen molar-refractivity contribution in [2.24, 2.45) is 0 Å². The van der Waals surface area contributed by atoms with Crippen molar-refractivity contribution in [1.29, 1.82) is 0 Å². The quantitative estimate of drug-likeness (QED) is 0.602. The summed E-state index contributed by atoms with van der Waals surface area (Å²) in [5, 5.41) is 9.74. The molecule has 4 rings (SSSR count). The SMILES string of the molecule is O=C(O)c1ccc(COc2c3cc(Cl)cc(F)c3nc3c(=O)c23)cc1. The molecule has 0 saturated carbocycles. The van der Waals surface area contributed by atoms with Gasteiger partial charge in [-0.15, -0.1) is 0 Å². The number of rotatable bonds is 4. The van der Waals surface area contributed by atoms with Crippen LogP contribution in [0.2, 0.25) is 5.02 Å². The molecule has 0 aliphatic rings. The topological polar surface area (TPSA) is 76.5 Å².